The number of methoxy groups -OCH3 is 2. The van der Waals surface area contributed by atoms with Crippen molar-refractivity contribution in [1.29, 1.82) is 0 Å². The van der Waals surface area contributed by atoms with E-state index in [0.29, 0.717) is 0 Å². The molecule has 0 fully saturated rings. The van der Waals surface area contributed by atoms with Gasteiger partial charge in [-0.05, 0) is 52.6 Å². The first-order valence-electron chi connectivity index (χ1n) is 9.36. The minimum Gasteiger partial charge on any atom is -0.493 e. The van der Waals surface area contributed by atoms with Gasteiger partial charge in [0.15, 0.2) is 23.0 Å². The largest absolute Gasteiger partial charge is 0.493 e. The Morgan fingerprint density at radius 2 is 1.64 bits per heavy atom. The maximum absolute atomic E-state index is 5.52. The van der Waals surface area contributed by atoms with Crippen LogP contribution in [-0.2, 0) is 12.8 Å². The molecule has 0 aliphatic carbocycles. The van der Waals surface area contributed by atoms with Crippen molar-refractivity contribution in [2.45, 2.75) is 12.8 Å². The first-order chi connectivity index (χ1) is 13.7. The van der Waals surface area contributed by atoms with Gasteiger partial charge in [0.25, 0.3) is 0 Å². The summed E-state index contributed by atoms with van der Waals surface area (Å²) < 4.78 is 21.9. The van der Waals surface area contributed by atoms with E-state index in [-0.39, 0.29) is 6.79 Å². The maximum Gasteiger partial charge on any atom is 0.231 e. The zero-order valence-electron chi connectivity index (χ0n) is 16.0. The van der Waals surface area contributed by atoms with Crippen molar-refractivity contribution >= 4 is 16.5 Å². The van der Waals surface area contributed by atoms with Crippen LogP contribution in [0.3, 0.4) is 0 Å². The first-order valence-corrected chi connectivity index (χ1v) is 9.36. The summed E-state index contributed by atoms with van der Waals surface area (Å²) in [6.07, 6.45) is 1.69. The summed E-state index contributed by atoms with van der Waals surface area (Å²) in [5, 5.41) is 2.29. The lowest BCUT2D eigenvalue weighted by Crippen LogP contribution is -2.16. The molecule has 142 valence electrons. The van der Waals surface area contributed by atoms with Gasteiger partial charge in [-0.2, -0.15) is 0 Å². The van der Waals surface area contributed by atoms with Crippen molar-refractivity contribution in [1.82, 2.24) is 0 Å². The number of hydrogen-bond donors (Lipinski definition) is 0. The molecule has 0 amide bonds. The molecule has 0 saturated heterocycles. The predicted octanol–water partition coefficient (Wildman–Crippen LogP) is 4.17. The van der Waals surface area contributed by atoms with Gasteiger partial charge in [-0.1, -0.05) is 18.2 Å². The van der Waals surface area contributed by atoms with Gasteiger partial charge in [0, 0.05) is 24.2 Å². The van der Waals surface area contributed by atoms with Crippen molar-refractivity contribution in [2.75, 3.05) is 27.6 Å². The molecule has 5 heteroatoms. The van der Waals surface area contributed by atoms with E-state index in [9.17, 15) is 0 Å². The van der Waals surface area contributed by atoms with E-state index in [1.165, 1.54) is 11.1 Å². The van der Waals surface area contributed by atoms with Crippen molar-refractivity contribution < 1.29 is 18.9 Å². The number of aliphatic imine (C=N–C) groups is 1. The normalized spacial score (nSPS) is 14.6. The lowest BCUT2D eigenvalue weighted by Gasteiger charge is -2.20. The van der Waals surface area contributed by atoms with E-state index in [4.69, 9.17) is 23.9 Å². The van der Waals surface area contributed by atoms with Crippen LogP contribution in [0, 0.1) is 0 Å². The monoisotopic (exact) mass is 375 g/mol. The van der Waals surface area contributed by atoms with Crippen molar-refractivity contribution in [3.63, 3.8) is 0 Å². The molecule has 0 radical (unpaired) electrons. The number of rotatable bonds is 4. The number of benzene rings is 3. The topological polar surface area (TPSA) is 49.3 Å². The second-order valence-corrected chi connectivity index (χ2v) is 7.01. The highest BCUT2D eigenvalue weighted by Gasteiger charge is 2.19. The summed E-state index contributed by atoms with van der Waals surface area (Å²) in [5.74, 6) is 3.13. The molecule has 28 heavy (non-hydrogen) atoms. The average Bonchev–Trinajstić information content (AvgIpc) is 3.18. The fourth-order valence-corrected chi connectivity index (χ4v) is 3.93. The van der Waals surface area contributed by atoms with Crippen LogP contribution >= 0.6 is 0 Å². The van der Waals surface area contributed by atoms with Crippen LogP contribution in [0.1, 0.15) is 16.7 Å². The highest BCUT2D eigenvalue weighted by atomic mass is 16.7. The minimum absolute atomic E-state index is 0.289. The summed E-state index contributed by atoms with van der Waals surface area (Å²) in [6, 6.07) is 14.7. The SMILES string of the molecule is COc1cc2c(cc1OC)C(Cc1ccc3cc4c(cc3c1)OCO4)=NCC2. The molecule has 3 aromatic carbocycles. The molecular formula is C23H21NO4. The van der Waals surface area contributed by atoms with Gasteiger partial charge < -0.3 is 18.9 Å². The summed E-state index contributed by atoms with van der Waals surface area (Å²) in [6.45, 7) is 1.08. The van der Waals surface area contributed by atoms with Gasteiger partial charge in [0.2, 0.25) is 6.79 Å². The Morgan fingerprint density at radius 3 is 2.43 bits per heavy atom. The summed E-state index contributed by atoms with van der Waals surface area (Å²) in [5.41, 5.74) is 4.71. The second kappa shape index (κ2) is 6.75. The quantitative estimate of drug-likeness (QED) is 0.687. The third-order valence-electron chi connectivity index (χ3n) is 5.37. The molecule has 3 aromatic rings. The van der Waals surface area contributed by atoms with Gasteiger partial charge in [-0.3, -0.25) is 4.99 Å². The number of nitrogens with zero attached hydrogens (tertiary/aromatic N) is 1. The zero-order valence-corrected chi connectivity index (χ0v) is 16.0. The van der Waals surface area contributed by atoms with E-state index in [0.717, 1.165) is 64.4 Å². The van der Waals surface area contributed by atoms with E-state index in [2.05, 4.69) is 24.3 Å². The molecule has 0 N–H and O–H groups in total. The van der Waals surface area contributed by atoms with Crippen LogP contribution in [0.5, 0.6) is 23.0 Å². The maximum atomic E-state index is 5.52. The summed E-state index contributed by atoms with van der Waals surface area (Å²) >= 11 is 0. The number of hydrogen-bond acceptors (Lipinski definition) is 5. The molecule has 0 aromatic heterocycles. The lowest BCUT2D eigenvalue weighted by molar-refractivity contribution is 0.174. The number of fused-ring (bicyclic) bond motifs is 3. The Kier molecular flexibility index (Phi) is 4.08. The van der Waals surface area contributed by atoms with E-state index in [1.54, 1.807) is 14.2 Å². The summed E-state index contributed by atoms with van der Waals surface area (Å²) in [7, 11) is 3.33. The third-order valence-corrected chi connectivity index (χ3v) is 5.37. The molecular weight excluding hydrogens is 354 g/mol. The van der Waals surface area contributed by atoms with Gasteiger partial charge in [-0.15, -0.1) is 0 Å². The standard InChI is InChI=1S/C23H21NO4/c1-25-20-10-16-5-6-24-19(18(16)12-21(20)26-2)8-14-3-4-15-9-22-23(28-13-27-22)11-17(15)7-14/h3-4,7,9-12H,5-6,8,13H2,1-2H3. The van der Waals surface area contributed by atoms with Crippen LogP contribution < -0.4 is 18.9 Å². The van der Waals surface area contributed by atoms with Gasteiger partial charge >= 0.3 is 0 Å². The van der Waals surface area contributed by atoms with E-state index in [1.807, 2.05) is 18.2 Å². The fourth-order valence-electron chi connectivity index (χ4n) is 3.93. The van der Waals surface area contributed by atoms with Crippen molar-refractivity contribution in [3.05, 3.63) is 59.2 Å². The molecule has 5 nitrogen and oxygen atoms in total. The van der Waals surface area contributed by atoms with E-state index >= 15 is 0 Å². The van der Waals surface area contributed by atoms with Crippen molar-refractivity contribution in [3.8, 4) is 23.0 Å². The Bertz CT molecular complexity index is 1100. The molecule has 0 spiro atoms. The summed E-state index contributed by atoms with van der Waals surface area (Å²) in [4.78, 5) is 4.81. The third kappa shape index (κ3) is 2.83. The Balaban J connectivity index is 1.50. The predicted molar refractivity (Wildman–Crippen MR) is 108 cm³/mol. The van der Waals surface area contributed by atoms with Crippen molar-refractivity contribution in [2.24, 2.45) is 4.99 Å². The van der Waals surface area contributed by atoms with Gasteiger partial charge in [0.05, 0.1) is 14.2 Å². The number of ether oxygens (including phenoxy) is 4. The molecule has 0 bridgehead atoms. The van der Waals surface area contributed by atoms with Gasteiger partial charge in [0.1, 0.15) is 0 Å². The van der Waals surface area contributed by atoms with Crippen LogP contribution in [0.2, 0.25) is 0 Å². The minimum atomic E-state index is 0.289. The fraction of sp³-hybridized carbons (Fsp3) is 0.261. The molecule has 2 aliphatic heterocycles. The van der Waals surface area contributed by atoms with Crippen LogP contribution in [0.25, 0.3) is 10.8 Å². The van der Waals surface area contributed by atoms with Gasteiger partial charge in [-0.25, -0.2) is 0 Å². The molecule has 0 saturated carbocycles. The Hall–Kier alpha value is -3.21. The van der Waals surface area contributed by atoms with Crippen LogP contribution in [0.4, 0.5) is 0 Å². The smallest absolute Gasteiger partial charge is 0.231 e. The Morgan fingerprint density at radius 1 is 0.893 bits per heavy atom. The van der Waals surface area contributed by atoms with Crippen LogP contribution in [0.15, 0.2) is 47.5 Å². The highest BCUT2D eigenvalue weighted by Crippen LogP contribution is 2.37. The second-order valence-electron chi connectivity index (χ2n) is 7.01. The van der Waals surface area contributed by atoms with E-state index < -0.39 is 0 Å². The Labute approximate surface area is 163 Å². The molecule has 0 unspecified atom stereocenters. The highest BCUT2D eigenvalue weighted by molar-refractivity contribution is 6.04. The average molecular weight is 375 g/mol. The molecule has 5 rings (SSSR count). The molecule has 2 aliphatic rings. The van der Waals surface area contributed by atoms with Crippen LogP contribution in [-0.4, -0.2) is 33.3 Å². The zero-order chi connectivity index (χ0) is 19.1. The first kappa shape index (κ1) is 16.9. The molecule has 2 heterocycles. The lowest BCUT2D eigenvalue weighted by atomic mass is 9.92. The molecule has 0 atom stereocenters.